The van der Waals surface area contributed by atoms with Gasteiger partial charge in [0, 0.05) is 22.6 Å². The Morgan fingerprint density at radius 1 is 1.38 bits per heavy atom. The number of rotatable bonds is 5. The van der Waals surface area contributed by atoms with Gasteiger partial charge in [0.15, 0.2) is 0 Å². The molecule has 0 bridgehead atoms. The van der Waals surface area contributed by atoms with Crippen LogP contribution in [-0.2, 0) is 5.54 Å². The summed E-state index contributed by atoms with van der Waals surface area (Å²) in [5, 5.41) is 11.8. The van der Waals surface area contributed by atoms with Crippen LogP contribution < -0.4 is 5.73 Å². The number of nitrogens with two attached hydrogens (primary N) is 1. The van der Waals surface area contributed by atoms with Crippen molar-refractivity contribution in [1.82, 2.24) is 4.98 Å². The van der Waals surface area contributed by atoms with Gasteiger partial charge in [-0.1, -0.05) is 26.0 Å². The molecular weight excluding hydrogens is 286 g/mol. The lowest BCUT2D eigenvalue weighted by Crippen LogP contribution is -2.34. The lowest BCUT2D eigenvalue weighted by molar-refractivity contribution is -0.384. The van der Waals surface area contributed by atoms with E-state index >= 15 is 0 Å². The summed E-state index contributed by atoms with van der Waals surface area (Å²) in [5.74, 6) is 0. The number of benzene rings is 1. The Labute approximate surface area is 128 Å². The third kappa shape index (κ3) is 2.96. The maximum atomic E-state index is 10.9. The molecule has 0 radical (unpaired) electrons. The Morgan fingerprint density at radius 2 is 2.05 bits per heavy atom. The fraction of sp³-hybridized carbons (Fsp3) is 0.400. The van der Waals surface area contributed by atoms with Crippen LogP contribution in [0.5, 0.6) is 0 Å². The SMILES string of the molecule is CCC(N)(CC)c1nc(-c2cccc([N+](=O)[O-])c2)c(C)s1. The standard InChI is InChI=1S/C15H19N3O2S/c1-4-15(16,5-2)14-17-13(10(3)21-14)11-7-6-8-12(9-11)18(19)20/h6-9H,4-5,16H2,1-3H3. The molecule has 2 aromatic rings. The van der Waals surface area contributed by atoms with Gasteiger partial charge in [-0.3, -0.25) is 10.1 Å². The summed E-state index contributed by atoms with van der Waals surface area (Å²) in [6.45, 7) is 6.07. The van der Waals surface area contributed by atoms with Crippen molar-refractivity contribution in [3.63, 3.8) is 0 Å². The summed E-state index contributed by atoms with van der Waals surface area (Å²) in [5.41, 5.74) is 7.60. The largest absolute Gasteiger partial charge is 0.319 e. The highest BCUT2D eigenvalue weighted by molar-refractivity contribution is 7.12. The number of nitro groups is 1. The van der Waals surface area contributed by atoms with Gasteiger partial charge < -0.3 is 5.73 Å². The van der Waals surface area contributed by atoms with E-state index in [0.29, 0.717) is 0 Å². The molecule has 0 atom stereocenters. The summed E-state index contributed by atoms with van der Waals surface area (Å²) in [7, 11) is 0. The molecule has 0 amide bonds. The topological polar surface area (TPSA) is 82.0 Å². The highest BCUT2D eigenvalue weighted by Gasteiger charge is 2.28. The van der Waals surface area contributed by atoms with E-state index in [9.17, 15) is 10.1 Å². The minimum absolute atomic E-state index is 0.0754. The van der Waals surface area contributed by atoms with Crippen molar-refractivity contribution < 1.29 is 4.92 Å². The summed E-state index contributed by atoms with van der Waals surface area (Å²) >= 11 is 1.57. The predicted molar refractivity (Wildman–Crippen MR) is 85.4 cm³/mol. The van der Waals surface area contributed by atoms with Gasteiger partial charge in [0.1, 0.15) is 5.01 Å². The van der Waals surface area contributed by atoms with Crippen molar-refractivity contribution in [2.45, 2.75) is 39.2 Å². The smallest absolute Gasteiger partial charge is 0.270 e. The summed E-state index contributed by atoms with van der Waals surface area (Å²) in [4.78, 5) is 16.2. The maximum Gasteiger partial charge on any atom is 0.270 e. The molecule has 0 saturated heterocycles. The highest BCUT2D eigenvalue weighted by Crippen LogP contribution is 2.35. The number of aryl methyl sites for hydroxylation is 1. The molecule has 0 fully saturated rings. The molecule has 0 aliphatic carbocycles. The zero-order valence-corrected chi connectivity index (χ0v) is 13.2. The van der Waals surface area contributed by atoms with Gasteiger partial charge in [-0.15, -0.1) is 11.3 Å². The minimum atomic E-state index is -0.422. The van der Waals surface area contributed by atoms with E-state index in [0.717, 1.165) is 34.0 Å². The Hall–Kier alpha value is -1.79. The minimum Gasteiger partial charge on any atom is -0.319 e. The molecule has 0 unspecified atom stereocenters. The molecule has 5 nitrogen and oxygen atoms in total. The Bertz CT molecular complexity index is 663. The van der Waals surface area contributed by atoms with Crippen molar-refractivity contribution in [3.8, 4) is 11.3 Å². The van der Waals surface area contributed by atoms with E-state index in [1.54, 1.807) is 23.5 Å². The van der Waals surface area contributed by atoms with Gasteiger partial charge in [0.05, 0.1) is 16.2 Å². The van der Waals surface area contributed by atoms with Gasteiger partial charge in [0.25, 0.3) is 5.69 Å². The van der Waals surface area contributed by atoms with Gasteiger partial charge in [-0.25, -0.2) is 4.98 Å². The van der Waals surface area contributed by atoms with Crippen LogP contribution in [0.15, 0.2) is 24.3 Å². The summed E-state index contributed by atoms with van der Waals surface area (Å²) < 4.78 is 0. The van der Waals surface area contributed by atoms with Crippen LogP contribution >= 0.6 is 11.3 Å². The first kappa shape index (κ1) is 15.6. The van der Waals surface area contributed by atoms with Crippen molar-refractivity contribution in [3.05, 3.63) is 44.3 Å². The lowest BCUT2D eigenvalue weighted by atomic mass is 9.95. The lowest BCUT2D eigenvalue weighted by Gasteiger charge is -2.23. The molecule has 0 aliphatic heterocycles. The molecule has 1 heterocycles. The van der Waals surface area contributed by atoms with Gasteiger partial charge in [0.2, 0.25) is 0 Å². The normalized spacial score (nSPS) is 11.6. The Kier molecular flexibility index (Phi) is 4.39. The monoisotopic (exact) mass is 305 g/mol. The van der Waals surface area contributed by atoms with Crippen LogP contribution in [-0.4, -0.2) is 9.91 Å². The second-order valence-corrected chi connectivity index (χ2v) is 6.30. The highest BCUT2D eigenvalue weighted by atomic mass is 32.1. The van der Waals surface area contributed by atoms with Crippen molar-refractivity contribution in [2.24, 2.45) is 5.73 Å². The number of thiazole rings is 1. The van der Waals surface area contributed by atoms with E-state index in [-0.39, 0.29) is 5.69 Å². The zero-order valence-electron chi connectivity index (χ0n) is 12.4. The molecule has 6 heteroatoms. The van der Waals surface area contributed by atoms with Gasteiger partial charge in [-0.2, -0.15) is 0 Å². The number of aromatic nitrogens is 1. The predicted octanol–water partition coefficient (Wildman–Crippen LogP) is 4.00. The van der Waals surface area contributed by atoms with Crippen molar-refractivity contribution >= 4 is 17.0 Å². The first-order chi connectivity index (χ1) is 9.91. The molecule has 1 aromatic heterocycles. The molecule has 112 valence electrons. The van der Waals surface area contributed by atoms with Crippen LogP contribution in [0, 0.1) is 17.0 Å². The molecule has 0 aliphatic rings. The van der Waals surface area contributed by atoms with Crippen LogP contribution in [0.1, 0.15) is 36.6 Å². The number of nitro benzene ring substituents is 1. The maximum absolute atomic E-state index is 10.9. The molecular formula is C15H19N3O2S. The first-order valence-electron chi connectivity index (χ1n) is 6.93. The quantitative estimate of drug-likeness (QED) is 0.668. The van der Waals surface area contributed by atoms with Crippen LogP contribution in [0.4, 0.5) is 5.69 Å². The first-order valence-corrected chi connectivity index (χ1v) is 7.74. The van der Waals surface area contributed by atoms with Crippen molar-refractivity contribution in [2.75, 3.05) is 0 Å². The van der Waals surface area contributed by atoms with Gasteiger partial charge in [-0.05, 0) is 19.8 Å². The fourth-order valence-corrected chi connectivity index (χ4v) is 3.38. The molecule has 1 aromatic carbocycles. The van der Waals surface area contributed by atoms with E-state index in [4.69, 9.17) is 5.73 Å². The van der Waals surface area contributed by atoms with E-state index in [1.165, 1.54) is 6.07 Å². The number of hydrogen-bond acceptors (Lipinski definition) is 5. The fourth-order valence-electron chi connectivity index (χ4n) is 2.20. The zero-order chi connectivity index (χ0) is 15.6. The molecule has 2 rings (SSSR count). The third-order valence-corrected chi connectivity index (χ3v) is 5.01. The molecule has 0 saturated carbocycles. The summed E-state index contributed by atoms with van der Waals surface area (Å²) in [6, 6.07) is 6.57. The number of non-ortho nitro benzene ring substituents is 1. The number of hydrogen-bond donors (Lipinski definition) is 1. The summed E-state index contributed by atoms with van der Waals surface area (Å²) in [6.07, 6.45) is 1.62. The van der Waals surface area contributed by atoms with E-state index in [1.807, 2.05) is 26.8 Å². The van der Waals surface area contributed by atoms with Crippen LogP contribution in [0.2, 0.25) is 0 Å². The van der Waals surface area contributed by atoms with Crippen LogP contribution in [0.3, 0.4) is 0 Å². The second-order valence-electron chi connectivity index (χ2n) is 5.09. The average molecular weight is 305 g/mol. The average Bonchev–Trinajstić information content (AvgIpc) is 2.89. The number of nitrogens with zero attached hydrogens (tertiary/aromatic N) is 2. The Balaban J connectivity index is 2.49. The van der Waals surface area contributed by atoms with Crippen LogP contribution in [0.25, 0.3) is 11.3 Å². The van der Waals surface area contributed by atoms with E-state index in [2.05, 4.69) is 4.98 Å². The second kappa shape index (κ2) is 5.91. The van der Waals surface area contributed by atoms with Crippen molar-refractivity contribution in [1.29, 1.82) is 0 Å². The Morgan fingerprint density at radius 3 is 2.62 bits per heavy atom. The molecule has 21 heavy (non-hydrogen) atoms. The van der Waals surface area contributed by atoms with Gasteiger partial charge >= 0.3 is 0 Å². The molecule has 2 N–H and O–H groups in total. The third-order valence-electron chi connectivity index (χ3n) is 3.81. The van der Waals surface area contributed by atoms with E-state index < -0.39 is 10.5 Å². The molecule has 0 spiro atoms.